The molecule has 0 bridgehead atoms. The molecule has 97 heavy (non-hydrogen) atoms. The Morgan fingerprint density at radius 1 is 0.567 bits per heavy atom. The summed E-state index contributed by atoms with van der Waals surface area (Å²) >= 11 is 0. The van der Waals surface area contributed by atoms with E-state index in [2.05, 4.69) is 26.8 Å². The second-order valence-electron chi connectivity index (χ2n) is 31.0. The highest BCUT2D eigenvalue weighted by Crippen LogP contribution is 2.76. The van der Waals surface area contributed by atoms with Gasteiger partial charge in [-0.25, -0.2) is 0 Å². The van der Waals surface area contributed by atoms with Gasteiger partial charge >= 0.3 is 11.9 Å². The van der Waals surface area contributed by atoms with Gasteiger partial charge in [0.25, 0.3) is 0 Å². The van der Waals surface area contributed by atoms with Crippen LogP contribution in [0.4, 0.5) is 0 Å². The molecule has 5 aliphatic carbocycles. The third-order valence-corrected chi connectivity index (χ3v) is 24.9. The number of carbonyl (C=O) groups is 2. The molecule has 0 amide bonds. The number of aliphatic hydroxyl groups is 18. The third kappa shape index (κ3) is 12.6. The monoisotopic (exact) mass is 1400 g/mol. The quantitative estimate of drug-likeness (QED) is 0.0366. The molecule has 37 atom stereocenters. The summed E-state index contributed by atoms with van der Waals surface area (Å²) in [5.41, 5.74) is -7.53. The number of carbonyl (C=O) groups excluding carboxylic acids is 1. The highest BCUT2D eigenvalue weighted by Gasteiger charge is 2.74. The molecular formula is C64H102O33. The molecule has 0 aromatic carbocycles. The van der Waals surface area contributed by atoms with Gasteiger partial charge < -0.3 is 154 Å². The first-order chi connectivity index (χ1) is 45.4. The topological polar surface area (TPSA) is 529 Å². The second-order valence-corrected chi connectivity index (χ2v) is 31.0. The van der Waals surface area contributed by atoms with Crippen LogP contribution >= 0.6 is 0 Å². The van der Waals surface area contributed by atoms with E-state index in [1.54, 1.807) is 0 Å². The van der Waals surface area contributed by atoms with Gasteiger partial charge in [0.05, 0.1) is 68.8 Å². The average molecular weight is 1400 g/mol. The predicted octanol–water partition coefficient (Wildman–Crippen LogP) is -6.04. The molecule has 0 spiro atoms. The third-order valence-electron chi connectivity index (χ3n) is 24.9. The van der Waals surface area contributed by atoms with E-state index in [0.717, 1.165) is 5.57 Å². The standard InChI is InChI=1S/C64H102O33/c1-24-34(69)40(75)47(95-52-45(80)41(76)46(25(2)90-52)94-50-42(77)37(72)31(20-86-50)93-55-48(81)64(85,23-88-55)22-87-51-43(78)38(73)35(70)29(18-65)91-51)54(89-24)97-57(84)62-13-12-58(3,4)16-27(62)26-8-9-32-59(5)17-28(68)49(96-53-44(79)39(74)36(71)30(19-66)92-53)61(7,56(82)83)33(59)10-11-60(32,6)63(26,21-67)15-14-62/h8,24-25,27-55,65-81,85H,9-23H2,1-7H3,(H,82,83). The van der Waals surface area contributed by atoms with Crippen molar-refractivity contribution in [3.63, 3.8) is 0 Å². The van der Waals surface area contributed by atoms with Crippen LogP contribution in [0.25, 0.3) is 0 Å². The second kappa shape index (κ2) is 27.9. The summed E-state index contributed by atoms with van der Waals surface area (Å²) in [6, 6.07) is 0. The average Bonchev–Trinajstić information content (AvgIpc) is 0.893. The van der Waals surface area contributed by atoms with Crippen LogP contribution in [-0.2, 0) is 66.4 Å². The van der Waals surface area contributed by atoms with Crippen LogP contribution in [0.5, 0.6) is 0 Å². The number of aliphatic carboxylic acids is 1. The summed E-state index contributed by atoms with van der Waals surface area (Å²) in [6.07, 6.45) is -42.1. The summed E-state index contributed by atoms with van der Waals surface area (Å²) < 4.78 is 70.0. The van der Waals surface area contributed by atoms with Crippen molar-refractivity contribution in [2.45, 2.75) is 284 Å². The number of hydrogen-bond donors (Lipinski definition) is 19. The van der Waals surface area contributed by atoms with Gasteiger partial charge in [0.2, 0.25) is 6.29 Å². The molecule has 37 unspecified atom stereocenters. The summed E-state index contributed by atoms with van der Waals surface area (Å²) in [5, 5.41) is 209. The van der Waals surface area contributed by atoms with Crippen molar-refractivity contribution in [2.24, 2.45) is 50.2 Å². The lowest BCUT2D eigenvalue weighted by molar-refractivity contribution is -0.375. The molecule has 4 saturated carbocycles. The Hall–Kier alpha value is -2.48. The van der Waals surface area contributed by atoms with Gasteiger partial charge in [0.1, 0.15) is 115 Å². The Bertz CT molecular complexity index is 2800. The van der Waals surface area contributed by atoms with Crippen molar-refractivity contribution >= 4 is 11.9 Å². The first kappa shape index (κ1) is 75.7. The molecular weight excluding hydrogens is 1300 g/mol. The van der Waals surface area contributed by atoms with Gasteiger partial charge in [-0.1, -0.05) is 39.3 Å². The largest absolute Gasteiger partial charge is 0.481 e. The van der Waals surface area contributed by atoms with Gasteiger partial charge in [-0.2, -0.15) is 0 Å². The van der Waals surface area contributed by atoms with E-state index in [1.807, 2.05) is 6.92 Å². The molecule has 0 aromatic heterocycles. The molecule has 33 heteroatoms. The summed E-state index contributed by atoms with van der Waals surface area (Å²) in [4.78, 5) is 29.4. The molecule has 19 N–H and O–H groups in total. The Labute approximate surface area is 559 Å². The molecule has 6 aliphatic heterocycles. The van der Waals surface area contributed by atoms with Crippen molar-refractivity contribution in [3.05, 3.63) is 11.6 Å². The van der Waals surface area contributed by atoms with Crippen LogP contribution in [0.2, 0.25) is 0 Å². The normalized spacial score (nSPS) is 54.5. The number of fused-ring (bicyclic) bond motifs is 7. The van der Waals surface area contributed by atoms with E-state index in [9.17, 15) is 102 Å². The van der Waals surface area contributed by atoms with E-state index in [4.69, 9.17) is 56.8 Å². The number of allylic oxidation sites excluding steroid dienone is 1. The van der Waals surface area contributed by atoms with Gasteiger partial charge in [0.15, 0.2) is 37.6 Å². The number of hydrogen-bond acceptors (Lipinski definition) is 32. The lowest BCUT2D eigenvalue weighted by atomic mass is 9.33. The van der Waals surface area contributed by atoms with Gasteiger partial charge in [-0.15, -0.1) is 0 Å². The maximum atomic E-state index is 15.6. The molecule has 0 aromatic rings. The minimum absolute atomic E-state index is 0.0194. The summed E-state index contributed by atoms with van der Waals surface area (Å²) in [7, 11) is 0. The van der Waals surface area contributed by atoms with E-state index >= 15 is 4.79 Å². The van der Waals surface area contributed by atoms with Crippen LogP contribution in [0.15, 0.2) is 11.6 Å². The maximum Gasteiger partial charge on any atom is 0.315 e. The van der Waals surface area contributed by atoms with Crippen LogP contribution in [-0.4, -0.2) is 326 Å². The Morgan fingerprint density at radius 2 is 1.14 bits per heavy atom. The van der Waals surface area contributed by atoms with Crippen molar-refractivity contribution in [3.8, 4) is 0 Å². The summed E-state index contributed by atoms with van der Waals surface area (Å²) in [5.74, 6) is -3.60. The lowest BCUT2D eigenvalue weighted by Crippen LogP contribution is -2.71. The molecule has 11 rings (SSSR count). The molecule has 11 aliphatic rings. The molecule has 10 fully saturated rings. The highest BCUT2D eigenvalue weighted by atomic mass is 16.8. The molecule has 33 nitrogen and oxygen atoms in total. The molecule has 556 valence electrons. The van der Waals surface area contributed by atoms with E-state index in [1.165, 1.54) is 20.8 Å². The van der Waals surface area contributed by atoms with Crippen molar-refractivity contribution < 1.29 is 163 Å². The van der Waals surface area contributed by atoms with E-state index in [-0.39, 0.29) is 43.6 Å². The molecule has 6 heterocycles. The fraction of sp³-hybridized carbons (Fsp3) is 0.938. The first-order valence-electron chi connectivity index (χ1n) is 33.8. The predicted molar refractivity (Wildman–Crippen MR) is 318 cm³/mol. The van der Waals surface area contributed by atoms with E-state index < -0.39 is 262 Å². The fourth-order valence-electron chi connectivity index (χ4n) is 19.0. The SMILES string of the molecule is CC1OC(OC(=O)C23CCC(C)(C)CC2C2=CCC4C5(C)CC(O)C(OC6OC(CO)C(O)C(O)C6O)C(C)(C(=O)O)C5CCC4(C)C2(CO)CC3)C(OC2OC(C)C(OC3OCC(OC4OCC(O)(COC5OC(CO)C(O)C(O)C5O)C4O)C(O)C3O)C(O)C2O)C(O)C1O. The van der Waals surface area contributed by atoms with Gasteiger partial charge in [-0.05, 0) is 113 Å². The van der Waals surface area contributed by atoms with Crippen LogP contribution in [0, 0.1) is 50.2 Å². The molecule has 0 radical (unpaired) electrons. The Morgan fingerprint density at radius 3 is 1.78 bits per heavy atom. The van der Waals surface area contributed by atoms with E-state index in [0.29, 0.717) is 32.1 Å². The van der Waals surface area contributed by atoms with Crippen molar-refractivity contribution in [1.82, 2.24) is 0 Å². The number of esters is 1. The summed E-state index contributed by atoms with van der Waals surface area (Å²) in [6.45, 7) is 8.72. The smallest absolute Gasteiger partial charge is 0.315 e. The molecule has 6 saturated heterocycles. The zero-order valence-electron chi connectivity index (χ0n) is 55.3. The zero-order valence-corrected chi connectivity index (χ0v) is 55.3. The minimum atomic E-state index is -2.24. The fourth-order valence-corrected chi connectivity index (χ4v) is 19.0. The number of rotatable bonds is 17. The van der Waals surface area contributed by atoms with Gasteiger partial charge in [0, 0.05) is 5.41 Å². The maximum absolute atomic E-state index is 15.6. The number of ether oxygens (including phenoxy) is 12. The number of aliphatic hydroxyl groups excluding tert-OH is 17. The van der Waals surface area contributed by atoms with Crippen LogP contribution in [0.1, 0.15) is 106 Å². The Kier molecular flexibility index (Phi) is 21.7. The first-order valence-corrected chi connectivity index (χ1v) is 33.8. The minimum Gasteiger partial charge on any atom is -0.481 e. The lowest BCUT2D eigenvalue weighted by Gasteiger charge is -2.71. The zero-order chi connectivity index (χ0) is 70.9. The number of carboxylic acid groups (broad SMARTS) is 1. The number of carboxylic acids is 1. The van der Waals surface area contributed by atoms with Crippen LogP contribution < -0.4 is 0 Å². The van der Waals surface area contributed by atoms with Crippen LogP contribution in [0.3, 0.4) is 0 Å². The highest BCUT2D eigenvalue weighted by molar-refractivity contribution is 5.79. The Balaban J connectivity index is 0.756. The van der Waals surface area contributed by atoms with Crippen molar-refractivity contribution in [1.29, 1.82) is 0 Å². The van der Waals surface area contributed by atoms with Gasteiger partial charge in [-0.3, -0.25) is 9.59 Å². The van der Waals surface area contributed by atoms with Crippen molar-refractivity contribution in [2.75, 3.05) is 39.6 Å².